The fourth-order valence-corrected chi connectivity index (χ4v) is 0.971. The Balaban J connectivity index is 2.18. The lowest BCUT2D eigenvalue weighted by molar-refractivity contribution is 0.135. The molecule has 66 valence electrons. The van der Waals surface area contributed by atoms with Crippen LogP contribution in [0.15, 0.2) is 0 Å². The van der Waals surface area contributed by atoms with Gasteiger partial charge in [0.1, 0.15) is 0 Å². The van der Waals surface area contributed by atoms with E-state index in [2.05, 4.69) is 19.2 Å². The summed E-state index contributed by atoms with van der Waals surface area (Å²) in [4.78, 5) is 0. The highest BCUT2D eigenvalue weighted by Gasteiger charge is 2.26. The molecule has 0 aromatic heterocycles. The van der Waals surface area contributed by atoms with Crippen LogP contribution < -0.4 is 5.32 Å². The quantitative estimate of drug-likeness (QED) is 0.627. The molecule has 0 aromatic carbocycles. The molecule has 1 rings (SSSR count). The van der Waals surface area contributed by atoms with Gasteiger partial charge in [-0.3, -0.25) is 0 Å². The molecule has 0 saturated heterocycles. The molecule has 1 unspecified atom stereocenters. The number of hydrogen-bond donors (Lipinski definition) is 2. The van der Waals surface area contributed by atoms with Crippen molar-refractivity contribution in [2.45, 2.75) is 39.2 Å². The summed E-state index contributed by atoms with van der Waals surface area (Å²) >= 11 is 0. The molecule has 2 heteroatoms. The molecule has 1 saturated carbocycles. The summed E-state index contributed by atoms with van der Waals surface area (Å²) in [5.41, 5.74) is 0.0998. The zero-order chi connectivity index (χ0) is 8.32. The first kappa shape index (κ1) is 9.01. The van der Waals surface area contributed by atoms with Crippen molar-refractivity contribution in [1.29, 1.82) is 0 Å². The van der Waals surface area contributed by atoms with Gasteiger partial charge in [0.2, 0.25) is 0 Å². The zero-order valence-corrected chi connectivity index (χ0v) is 7.56. The van der Waals surface area contributed by atoms with E-state index in [0.29, 0.717) is 6.61 Å². The standard InChI is InChI=1S/C9H19NO/c1-3-9(2,7-11)6-10-8-4-5-8/h8,10-11H,3-7H2,1-2H3. The number of aliphatic hydroxyl groups excluding tert-OH is 1. The van der Waals surface area contributed by atoms with Gasteiger partial charge in [-0.15, -0.1) is 0 Å². The molecule has 0 aliphatic heterocycles. The third-order valence-corrected chi connectivity index (χ3v) is 2.63. The summed E-state index contributed by atoms with van der Waals surface area (Å²) < 4.78 is 0. The number of rotatable bonds is 5. The lowest BCUT2D eigenvalue weighted by Crippen LogP contribution is -2.35. The van der Waals surface area contributed by atoms with Crippen molar-refractivity contribution in [2.75, 3.05) is 13.2 Å². The lowest BCUT2D eigenvalue weighted by Gasteiger charge is -2.25. The second kappa shape index (κ2) is 3.55. The predicted molar refractivity (Wildman–Crippen MR) is 46.5 cm³/mol. The third-order valence-electron chi connectivity index (χ3n) is 2.63. The number of hydrogen-bond acceptors (Lipinski definition) is 2. The van der Waals surface area contributed by atoms with Gasteiger partial charge >= 0.3 is 0 Å². The van der Waals surface area contributed by atoms with Gasteiger partial charge in [0.05, 0.1) is 0 Å². The molecule has 11 heavy (non-hydrogen) atoms. The first-order chi connectivity index (χ1) is 5.20. The van der Waals surface area contributed by atoms with E-state index in [-0.39, 0.29) is 5.41 Å². The molecule has 0 radical (unpaired) electrons. The molecule has 0 spiro atoms. The Kier molecular flexibility index (Phi) is 2.90. The fraction of sp³-hybridized carbons (Fsp3) is 1.00. The maximum absolute atomic E-state index is 9.08. The zero-order valence-electron chi connectivity index (χ0n) is 7.56. The first-order valence-corrected chi connectivity index (χ1v) is 4.54. The van der Waals surface area contributed by atoms with Crippen LogP contribution in [0.5, 0.6) is 0 Å². The summed E-state index contributed by atoms with van der Waals surface area (Å²) in [5, 5.41) is 12.5. The third kappa shape index (κ3) is 2.80. The SMILES string of the molecule is CCC(C)(CO)CNC1CC1. The molecule has 0 bridgehead atoms. The maximum atomic E-state index is 9.08. The Bertz CT molecular complexity index is 117. The fourth-order valence-electron chi connectivity index (χ4n) is 0.971. The largest absolute Gasteiger partial charge is 0.396 e. The second-order valence-corrected chi connectivity index (χ2v) is 3.98. The lowest BCUT2D eigenvalue weighted by atomic mass is 9.89. The Morgan fingerprint density at radius 3 is 2.55 bits per heavy atom. The average Bonchev–Trinajstić information content (AvgIpc) is 2.83. The van der Waals surface area contributed by atoms with Crippen LogP contribution in [0.2, 0.25) is 0 Å². The van der Waals surface area contributed by atoms with Crippen molar-refractivity contribution in [1.82, 2.24) is 5.32 Å². The summed E-state index contributed by atoms with van der Waals surface area (Å²) in [6, 6.07) is 0.757. The monoisotopic (exact) mass is 157 g/mol. The molecule has 1 aliphatic carbocycles. The van der Waals surface area contributed by atoms with E-state index < -0.39 is 0 Å². The Labute approximate surface area is 69.0 Å². The van der Waals surface area contributed by atoms with Crippen LogP contribution in [0.4, 0.5) is 0 Å². The van der Waals surface area contributed by atoms with Crippen molar-refractivity contribution in [3.63, 3.8) is 0 Å². The van der Waals surface area contributed by atoms with Crippen LogP contribution in [0, 0.1) is 5.41 Å². The Morgan fingerprint density at radius 1 is 1.55 bits per heavy atom. The van der Waals surface area contributed by atoms with Gasteiger partial charge in [0.15, 0.2) is 0 Å². The van der Waals surface area contributed by atoms with Crippen LogP contribution >= 0.6 is 0 Å². The van der Waals surface area contributed by atoms with Gasteiger partial charge in [-0.25, -0.2) is 0 Å². The molecule has 0 aromatic rings. The van der Waals surface area contributed by atoms with Crippen molar-refractivity contribution >= 4 is 0 Å². The molecule has 0 amide bonds. The van der Waals surface area contributed by atoms with Crippen LogP contribution in [0.3, 0.4) is 0 Å². The molecule has 1 atom stereocenters. The van der Waals surface area contributed by atoms with Crippen LogP contribution in [-0.2, 0) is 0 Å². The van der Waals surface area contributed by atoms with Crippen molar-refractivity contribution in [2.24, 2.45) is 5.41 Å². The van der Waals surface area contributed by atoms with Crippen molar-refractivity contribution in [3.05, 3.63) is 0 Å². The van der Waals surface area contributed by atoms with E-state index >= 15 is 0 Å². The van der Waals surface area contributed by atoms with Gasteiger partial charge in [-0.05, 0) is 19.3 Å². The highest BCUT2D eigenvalue weighted by atomic mass is 16.3. The molecule has 1 aliphatic rings. The molecule has 0 heterocycles. The minimum atomic E-state index is 0.0998. The van der Waals surface area contributed by atoms with Crippen molar-refractivity contribution < 1.29 is 5.11 Å². The molecule has 1 fully saturated rings. The van der Waals surface area contributed by atoms with Gasteiger partial charge in [0.25, 0.3) is 0 Å². The van der Waals surface area contributed by atoms with Crippen LogP contribution in [-0.4, -0.2) is 24.3 Å². The van der Waals surface area contributed by atoms with Crippen LogP contribution in [0.1, 0.15) is 33.1 Å². The van der Waals surface area contributed by atoms with Gasteiger partial charge < -0.3 is 10.4 Å². The average molecular weight is 157 g/mol. The van der Waals surface area contributed by atoms with Gasteiger partial charge in [0, 0.05) is 24.6 Å². The van der Waals surface area contributed by atoms with Crippen LogP contribution in [0.25, 0.3) is 0 Å². The van der Waals surface area contributed by atoms with E-state index in [1.54, 1.807) is 0 Å². The summed E-state index contributed by atoms with van der Waals surface area (Å²) in [7, 11) is 0. The summed E-state index contributed by atoms with van der Waals surface area (Å²) in [6.45, 7) is 5.51. The van der Waals surface area contributed by atoms with E-state index in [0.717, 1.165) is 19.0 Å². The predicted octanol–water partition coefficient (Wildman–Crippen LogP) is 1.15. The molecular formula is C9H19NO. The van der Waals surface area contributed by atoms with Gasteiger partial charge in [-0.1, -0.05) is 13.8 Å². The number of nitrogens with one attached hydrogen (secondary N) is 1. The van der Waals surface area contributed by atoms with Crippen molar-refractivity contribution in [3.8, 4) is 0 Å². The summed E-state index contributed by atoms with van der Waals surface area (Å²) in [5.74, 6) is 0. The minimum Gasteiger partial charge on any atom is -0.396 e. The smallest absolute Gasteiger partial charge is 0.0496 e. The normalized spacial score (nSPS) is 23.2. The maximum Gasteiger partial charge on any atom is 0.0496 e. The van der Waals surface area contributed by atoms with E-state index in [9.17, 15) is 0 Å². The van der Waals surface area contributed by atoms with E-state index in [1.807, 2.05) is 0 Å². The molecular weight excluding hydrogens is 138 g/mol. The first-order valence-electron chi connectivity index (χ1n) is 4.54. The second-order valence-electron chi connectivity index (χ2n) is 3.98. The highest BCUT2D eigenvalue weighted by molar-refractivity contribution is 4.84. The topological polar surface area (TPSA) is 32.3 Å². The number of aliphatic hydroxyl groups is 1. The van der Waals surface area contributed by atoms with E-state index in [4.69, 9.17) is 5.11 Å². The Morgan fingerprint density at radius 2 is 2.18 bits per heavy atom. The highest BCUT2D eigenvalue weighted by Crippen LogP contribution is 2.23. The van der Waals surface area contributed by atoms with Gasteiger partial charge in [-0.2, -0.15) is 0 Å². The Hall–Kier alpha value is -0.0800. The molecule has 2 nitrogen and oxygen atoms in total. The minimum absolute atomic E-state index is 0.0998. The van der Waals surface area contributed by atoms with E-state index in [1.165, 1.54) is 12.8 Å². The summed E-state index contributed by atoms with van der Waals surface area (Å²) in [6.07, 6.45) is 3.69. The molecule has 2 N–H and O–H groups in total.